The monoisotopic (exact) mass is 253 g/mol. The molecule has 0 radical (unpaired) electrons. The van der Waals surface area contributed by atoms with E-state index in [0.29, 0.717) is 38.4 Å². The molecule has 18 heavy (non-hydrogen) atoms. The molecule has 0 unspecified atom stereocenters. The van der Waals surface area contributed by atoms with Gasteiger partial charge in [0.05, 0.1) is 18.4 Å². The summed E-state index contributed by atoms with van der Waals surface area (Å²) in [5, 5.41) is 10.3. The Morgan fingerprint density at radius 3 is 2.83 bits per heavy atom. The van der Waals surface area contributed by atoms with Crippen LogP contribution in [0.15, 0.2) is 22.8 Å². The summed E-state index contributed by atoms with van der Waals surface area (Å²) >= 11 is 0. The average molecular weight is 253 g/mol. The van der Waals surface area contributed by atoms with Crippen molar-refractivity contribution in [3.8, 4) is 0 Å². The molecule has 100 valence electrons. The zero-order valence-electron chi connectivity index (χ0n) is 10.6. The number of rotatable bonds is 5. The van der Waals surface area contributed by atoms with Gasteiger partial charge in [-0.15, -0.1) is 0 Å². The molecule has 2 heterocycles. The van der Waals surface area contributed by atoms with Gasteiger partial charge >= 0.3 is 0 Å². The molecule has 0 atom stereocenters. The Kier molecular flexibility index (Phi) is 4.16. The quantitative estimate of drug-likeness (QED) is 0.791. The molecule has 1 N–H and O–H groups in total. The van der Waals surface area contributed by atoms with Crippen LogP contribution >= 0.6 is 0 Å². The lowest BCUT2D eigenvalue weighted by molar-refractivity contribution is -0.0758. The summed E-state index contributed by atoms with van der Waals surface area (Å²) in [6.45, 7) is 1.88. The minimum absolute atomic E-state index is 0.0711. The van der Waals surface area contributed by atoms with E-state index in [1.54, 1.807) is 12.1 Å². The van der Waals surface area contributed by atoms with Crippen molar-refractivity contribution in [3.05, 3.63) is 24.2 Å². The molecule has 0 bridgehead atoms. The minimum Gasteiger partial charge on any atom is -0.461 e. The third kappa shape index (κ3) is 3.41. The second-order valence-corrected chi connectivity index (χ2v) is 4.91. The fourth-order valence-corrected chi connectivity index (χ4v) is 2.23. The number of aliphatic hydroxyl groups is 1. The first kappa shape index (κ1) is 13.3. The molecule has 1 saturated heterocycles. The van der Waals surface area contributed by atoms with Gasteiger partial charge in [-0.3, -0.25) is 9.69 Å². The van der Waals surface area contributed by atoms with Crippen molar-refractivity contribution < 1.29 is 19.1 Å². The Balaban J connectivity index is 1.84. The summed E-state index contributed by atoms with van der Waals surface area (Å²) in [6.07, 6.45) is 2.72. The highest BCUT2D eigenvalue weighted by atomic mass is 16.5. The van der Waals surface area contributed by atoms with Crippen LogP contribution in [0.3, 0.4) is 0 Å². The third-order valence-electron chi connectivity index (χ3n) is 3.20. The maximum Gasteiger partial charge on any atom is 0.211 e. The van der Waals surface area contributed by atoms with E-state index < -0.39 is 5.60 Å². The standard InChI is InChI=1S/C13H19NO4/c1-14(9-11(15)12-3-2-6-18-12)10-13(16)4-7-17-8-5-13/h2-3,6,16H,4-5,7-10H2,1H3. The zero-order chi connectivity index (χ0) is 13.0. The van der Waals surface area contributed by atoms with Crippen molar-refractivity contribution in [3.63, 3.8) is 0 Å². The average Bonchev–Trinajstić information content (AvgIpc) is 2.82. The fraction of sp³-hybridized carbons (Fsp3) is 0.615. The summed E-state index contributed by atoms with van der Waals surface area (Å²) in [5.41, 5.74) is -0.740. The Labute approximate surface area is 106 Å². The van der Waals surface area contributed by atoms with Gasteiger partial charge in [-0.25, -0.2) is 0 Å². The molecule has 5 nitrogen and oxygen atoms in total. The predicted octanol–water partition coefficient (Wildman–Crippen LogP) is 0.936. The van der Waals surface area contributed by atoms with Gasteiger partial charge in [-0.1, -0.05) is 0 Å². The van der Waals surface area contributed by atoms with E-state index in [2.05, 4.69) is 0 Å². The highest BCUT2D eigenvalue weighted by Gasteiger charge is 2.31. The molecule has 0 aliphatic carbocycles. The van der Waals surface area contributed by atoms with Crippen molar-refractivity contribution in [1.82, 2.24) is 4.90 Å². The summed E-state index contributed by atoms with van der Waals surface area (Å²) < 4.78 is 10.3. The Morgan fingerprint density at radius 1 is 1.50 bits per heavy atom. The highest BCUT2D eigenvalue weighted by molar-refractivity contribution is 5.94. The van der Waals surface area contributed by atoms with Crippen LogP contribution in [0.5, 0.6) is 0 Å². The number of Topliss-reactive ketones (excluding diaryl/α,β-unsaturated/α-hetero) is 1. The normalized spacial score (nSPS) is 19.1. The van der Waals surface area contributed by atoms with Crippen molar-refractivity contribution in [2.45, 2.75) is 18.4 Å². The van der Waals surface area contributed by atoms with Crippen LogP contribution in [-0.2, 0) is 4.74 Å². The number of likely N-dealkylation sites (N-methyl/N-ethyl adjacent to an activating group) is 1. The van der Waals surface area contributed by atoms with E-state index >= 15 is 0 Å². The summed E-state index contributed by atoms with van der Waals surface area (Å²) in [4.78, 5) is 13.7. The Bertz CT molecular complexity index is 382. The van der Waals surface area contributed by atoms with Crippen molar-refractivity contribution in [1.29, 1.82) is 0 Å². The maximum atomic E-state index is 11.8. The van der Waals surface area contributed by atoms with Gasteiger partial charge < -0.3 is 14.3 Å². The molecule has 1 fully saturated rings. The van der Waals surface area contributed by atoms with Crippen molar-refractivity contribution in [2.75, 3.05) is 33.4 Å². The van der Waals surface area contributed by atoms with E-state index in [0.717, 1.165) is 0 Å². The first-order chi connectivity index (χ1) is 8.59. The van der Waals surface area contributed by atoms with Gasteiger partial charge in [-0.05, 0) is 19.2 Å². The predicted molar refractivity (Wildman–Crippen MR) is 65.5 cm³/mol. The first-order valence-corrected chi connectivity index (χ1v) is 6.14. The lowest BCUT2D eigenvalue weighted by Gasteiger charge is -2.35. The molecule has 0 aromatic carbocycles. The largest absolute Gasteiger partial charge is 0.461 e. The van der Waals surface area contributed by atoms with Crippen LogP contribution in [0.2, 0.25) is 0 Å². The minimum atomic E-state index is -0.740. The highest BCUT2D eigenvalue weighted by Crippen LogP contribution is 2.21. The molecule has 5 heteroatoms. The van der Waals surface area contributed by atoms with Crippen LogP contribution in [0.25, 0.3) is 0 Å². The van der Waals surface area contributed by atoms with Gasteiger partial charge in [0, 0.05) is 32.6 Å². The van der Waals surface area contributed by atoms with Crippen LogP contribution in [-0.4, -0.2) is 54.7 Å². The van der Waals surface area contributed by atoms with E-state index in [-0.39, 0.29) is 12.3 Å². The SMILES string of the molecule is CN(CC(=O)c1ccco1)CC1(O)CCOCC1. The lowest BCUT2D eigenvalue weighted by Crippen LogP contribution is -2.46. The molecule has 0 saturated carbocycles. The smallest absolute Gasteiger partial charge is 0.211 e. The maximum absolute atomic E-state index is 11.8. The van der Waals surface area contributed by atoms with Gasteiger partial charge in [-0.2, -0.15) is 0 Å². The summed E-state index contributed by atoms with van der Waals surface area (Å²) in [7, 11) is 1.83. The number of carbonyl (C=O) groups excluding carboxylic acids is 1. The van der Waals surface area contributed by atoms with Crippen molar-refractivity contribution >= 4 is 5.78 Å². The van der Waals surface area contributed by atoms with E-state index in [4.69, 9.17) is 9.15 Å². The third-order valence-corrected chi connectivity index (χ3v) is 3.20. The number of hydrogen-bond acceptors (Lipinski definition) is 5. The molecule has 1 aromatic rings. The molecule has 2 rings (SSSR count). The Morgan fingerprint density at radius 2 is 2.22 bits per heavy atom. The molecule has 0 spiro atoms. The topological polar surface area (TPSA) is 62.9 Å². The van der Waals surface area contributed by atoms with Crippen LogP contribution < -0.4 is 0 Å². The Hall–Kier alpha value is -1.17. The van der Waals surface area contributed by atoms with Gasteiger partial charge in [0.1, 0.15) is 0 Å². The van der Waals surface area contributed by atoms with Crippen LogP contribution in [0.4, 0.5) is 0 Å². The number of furan rings is 1. The van der Waals surface area contributed by atoms with Crippen molar-refractivity contribution in [2.24, 2.45) is 0 Å². The lowest BCUT2D eigenvalue weighted by atomic mass is 9.94. The molecular weight excluding hydrogens is 234 g/mol. The summed E-state index contributed by atoms with van der Waals surface area (Å²) in [6, 6.07) is 3.35. The van der Waals surface area contributed by atoms with Gasteiger partial charge in [0.2, 0.25) is 5.78 Å². The molecule has 1 aliphatic heterocycles. The molecule has 0 amide bonds. The molecule has 1 aromatic heterocycles. The number of carbonyl (C=O) groups is 1. The van der Waals surface area contributed by atoms with Crippen LogP contribution in [0, 0.1) is 0 Å². The first-order valence-electron chi connectivity index (χ1n) is 6.14. The number of ether oxygens (including phenoxy) is 1. The second-order valence-electron chi connectivity index (χ2n) is 4.91. The van der Waals surface area contributed by atoms with Gasteiger partial charge in [0.15, 0.2) is 5.76 Å². The van der Waals surface area contributed by atoms with Gasteiger partial charge in [0.25, 0.3) is 0 Å². The summed E-state index contributed by atoms with van der Waals surface area (Å²) in [5.74, 6) is 0.291. The zero-order valence-corrected chi connectivity index (χ0v) is 10.6. The molecular formula is C13H19NO4. The van der Waals surface area contributed by atoms with E-state index in [9.17, 15) is 9.90 Å². The van der Waals surface area contributed by atoms with E-state index in [1.807, 2.05) is 11.9 Å². The fourth-order valence-electron chi connectivity index (χ4n) is 2.23. The second kappa shape index (κ2) is 5.65. The molecule has 1 aliphatic rings. The number of hydrogen-bond donors (Lipinski definition) is 1. The number of ketones is 1. The number of nitrogens with zero attached hydrogens (tertiary/aromatic N) is 1. The van der Waals surface area contributed by atoms with E-state index in [1.165, 1.54) is 6.26 Å². The van der Waals surface area contributed by atoms with Crippen LogP contribution in [0.1, 0.15) is 23.4 Å².